The fourth-order valence-corrected chi connectivity index (χ4v) is 2.19. The van der Waals surface area contributed by atoms with Crippen LogP contribution < -0.4 is 5.32 Å². The quantitative estimate of drug-likeness (QED) is 0.597. The maximum atomic E-state index is 12.0. The fourth-order valence-electron chi connectivity index (χ4n) is 1.70. The smallest absolute Gasteiger partial charge is 0.314 e. The van der Waals surface area contributed by atoms with Gasteiger partial charge in [-0.25, -0.2) is 0 Å². The average Bonchev–Trinajstić information content (AvgIpc) is 2.35. The summed E-state index contributed by atoms with van der Waals surface area (Å²) >= 11 is 2.05. The summed E-state index contributed by atoms with van der Waals surface area (Å²) in [4.78, 5) is 34.4. The van der Waals surface area contributed by atoms with Crippen molar-refractivity contribution < 1.29 is 19.5 Å². The maximum absolute atomic E-state index is 12.0. The number of anilines is 1. The van der Waals surface area contributed by atoms with Crippen molar-refractivity contribution in [1.29, 1.82) is 0 Å². The summed E-state index contributed by atoms with van der Waals surface area (Å²) in [6.07, 6.45) is -0.320. The van der Waals surface area contributed by atoms with E-state index in [0.29, 0.717) is 5.69 Å². The number of halogens is 1. The number of carboxylic acid groups (broad SMARTS) is 1. The van der Waals surface area contributed by atoms with Gasteiger partial charge < -0.3 is 10.4 Å². The molecule has 5 nitrogen and oxygen atoms in total. The molecule has 0 saturated carbocycles. The maximum Gasteiger partial charge on any atom is 0.314 e. The van der Waals surface area contributed by atoms with E-state index in [4.69, 9.17) is 5.11 Å². The van der Waals surface area contributed by atoms with Gasteiger partial charge in [0.1, 0.15) is 5.92 Å². The summed E-state index contributed by atoms with van der Waals surface area (Å²) in [5.74, 6) is -3.54. The van der Waals surface area contributed by atoms with Gasteiger partial charge in [-0.2, -0.15) is 0 Å². The Morgan fingerprint density at radius 2 is 2.12 bits per heavy atom. The standard InChI is InChI=1S/C11H8INO4/c12-5-1-2-6-8(3-5)13-9(14)4-7(10(6)15)11(16)17/h1-3,7H,4H2,(H,13,14)(H,16,17). The topological polar surface area (TPSA) is 83.5 Å². The lowest BCUT2D eigenvalue weighted by molar-refractivity contribution is -0.141. The summed E-state index contributed by atoms with van der Waals surface area (Å²) in [7, 11) is 0. The minimum Gasteiger partial charge on any atom is -0.481 e. The first-order valence-electron chi connectivity index (χ1n) is 4.85. The Morgan fingerprint density at radius 1 is 1.41 bits per heavy atom. The van der Waals surface area contributed by atoms with Gasteiger partial charge in [-0.15, -0.1) is 0 Å². The van der Waals surface area contributed by atoms with Gasteiger partial charge in [0, 0.05) is 15.6 Å². The van der Waals surface area contributed by atoms with Crippen LogP contribution in [0.15, 0.2) is 18.2 Å². The zero-order valence-corrected chi connectivity index (χ0v) is 10.7. The summed E-state index contributed by atoms with van der Waals surface area (Å²) in [6.45, 7) is 0. The number of nitrogens with one attached hydrogen (secondary N) is 1. The lowest BCUT2D eigenvalue weighted by Crippen LogP contribution is -2.25. The zero-order valence-electron chi connectivity index (χ0n) is 8.57. The van der Waals surface area contributed by atoms with Gasteiger partial charge in [0.2, 0.25) is 5.91 Å². The second-order valence-electron chi connectivity index (χ2n) is 3.70. The van der Waals surface area contributed by atoms with Crippen LogP contribution in [0.3, 0.4) is 0 Å². The molecule has 1 atom stereocenters. The number of fused-ring (bicyclic) bond motifs is 1. The number of aliphatic carboxylic acids is 1. The van der Waals surface area contributed by atoms with Crippen LogP contribution in [-0.4, -0.2) is 22.8 Å². The molecular weight excluding hydrogens is 337 g/mol. The molecule has 1 aromatic rings. The lowest BCUT2D eigenvalue weighted by Gasteiger charge is -2.07. The zero-order chi connectivity index (χ0) is 12.6. The van der Waals surface area contributed by atoms with Crippen LogP contribution in [0.4, 0.5) is 5.69 Å². The molecule has 1 aliphatic heterocycles. The molecule has 0 fully saturated rings. The number of hydrogen-bond acceptors (Lipinski definition) is 3. The van der Waals surface area contributed by atoms with Gasteiger partial charge in [-0.1, -0.05) is 0 Å². The fraction of sp³-hybridized carbons (Fsp3) is 0.182. The van der Waals surface area contributed by atoms with Crippen LogP contribution >= 0.6 is 22.6 Å². The number of carbonyl (C=O) groups excluding carboxylic acids is 2. The first-order chi connectivity index (χ1) is 7.99. The van der Waals surface area contributed by atoms with Crippen LogP contribution in [0.1, 0.15) is 16.8 Å². The largest absolute Gasteiger partial charge is 0.481 e. The minimum atomic E-state index is -1.30. The summed E-state index contributed by atoms with van der Waals surface area (Å²) in [5.41, 5.74) is 0.638. The Kier molecular flexibility index (Phi) is 3.14. The van der Waals surface area contributed by atoms with Gasteiger partial charge in [0.25, 0.3) is 0 Å². The molecular formula is C11H8INO4. The molecule has 6 heteroatoms. The van der Waals surface area contributed by atoms with E-state index < -0.39 is 23.6 Å². The number of rotatable bonds is 1. The van der Waals surface area contributed by atoms with Crippen molar-refractivity contribution in [3.63, 3.8) is 0 Å². The van der Waals surface area contributed by atoms with Gasteiger partial charge in [0.05, 0.1) is 5.69 Å². The Labute approximate surface area is 110 Å². The molecule has 17 heavy (non-hydrogen) atoms. The SMILES string of the molecule is O=C1CC(C(=O)O)C(=O)c2ccc(I)cc2N1. The molecule has 1 amide bonds. The van der Waals surface area contributed by atoms with E-state index in [1.54, 1.807) is 18.2 Å². The highest BCUT2D eigenvalue weighted by atomic mass is 127. The average molecular weight is 345 g/mol. The van der Waals surface area contributed by atoms with Crippen molar-refractivity contribution in [2.24, 2.45) is 5.92 Å². The summed E-state index contributed by atoms with van der Waals surface area (Å²) in [5, 5.41) is 11.5. The highest BCUT2D eigenvalue weighted by molar-refractivity contribution is 14.1. The third-order valence-electron chi connectivity index (χ3n) is 2.53. The monoisotopic (exact) mass is 345 g/mol. The molecule has 0 radical (unpaired) electrons. The van der Waals surface area contributed by atoms with Crippen molar-refractivity contribution in [1.82, 2.24) is 0 Å². The van der Waals surface area contributed by atoms with E-state index in [9.17, 15) is 14.4 Å². The second kappa shape index (κ2) is 4.44. The Balaban J connectivity index is 2.53. The number of carboxylic acids is 1. The molecule has 1 unspecified atom stereocenters. The predicted octanol–water partition coefficient (Wildman–Crippen LogP) is 1.52. The number of benzene rings is 1. The molecule has 1 aliphatic rings. The van der Waals surface area contributed by atoms with E-state index in [-0.39, 0.29) is 12.0 Å². The van der Waals surface area contributed by atoms with Gasteiger partial charge in [-0.05, 0) is 40.8 Å². The second-order valence-corrected chi connectivity index (χ2v) is 4.94. The van der Waals surface area contributed by atoms with Crippen molar-refractivity contribution in [3.05, 3.63) is 27.3 Å². The molecule has 1 aromatic carbocycles. The first kappa shape index (κ1) is 12.0. The third kappa shape index (κ3) is 2.31. The molecule has 88 valence electrons. The summed E-state index contributed by atoms with van der Waals surface area (Å²) < 4.78 is 0.864. The van der Waals surface area contributed by atoms with Crippen LogP contribution in [0.2, 0.25) is 0 Å². The van der Waals surface area contributed by atoms with E-state index in [1.807, 2.05) is 0 Å². The van der Waals surface area contributed by atoms with E-state index in [1.165, 1.54) is 0 Å². The molecule has 0 aliphatic carbocycles. The lowest BCUT2D eigenvalue weighted by atomic mass is 9.95. The van der Waals surface area contributed by atoms with E-state index in [0.717, 1.165) is 3.57 Å². The normalized spacial score (nSPS) is 19.2. The van der Waals surface area contributed by atoms with Crippen molar-refractivity contribution in [2.45, 2.75) is 6.42 Å². The van der Waals surface area contributed by atoms with Crippen molar-refractivity contribution in [2.75, 3.05) is 5.32 Å². The molecule has 1 heterocycles. The Morgan fingerprint density at radius 3 is 2.76 bits per heavy atom. The Bertz CT molecular complexity index is 526. The van der Waals surface area contributed by atoms with Crippen LogP contribution in [-0.2, 0) is 9.59 Å². The number of ketones is 1. The van der Waals surface area contributed by atoms with E-state index >= 15 is 0 Å². The van der Waals surface area contributed by atoms with Gasteiger partial charge >= 0.3 is 5.97 Å². The summed E-state index contributed by atoms with van der Waals surface area (Å²) in [6, 6.07) is 4.89. The minimum absolute atomic E-state index is 0.253. The Hall–Kier alpha value is -1.44. The number of hydrogen-bond donors (Lipinski definition) is 2. The number of carbonyl (C=O) groups is 3. The van der Waals surface area contributed by atoms with Crippen molar-refractivity contribution in [3.8, 4) is 0 Å². The molecule has 2 rings (SSSR count). The molecule has 0 aromatic heterocycles. The van der Waals surface area contributed by atoms with Crippen LogP contribution in [0.25, 0.3) is 0 Å². The van der Waals surface area contributed by atoms with Crippen LogP contribution in [0, 0.1) is 9.49 Å². The predicted molar refractivity (Wildman–Crippen MR) is 67.9 cm³/mol. The highest BCUT2D eigenvalue weighted by Crippen LogP contribution is 2.27. The van der Waals surface area contributed by atoms with E-state index in [2.05, 4.69) is 27.9 Å². The molecule has 2 N–H and O–H groups in total. The first-order valence-corrected chi connectivity index (χ1v) is 5.93. The van der Waals surface area contributed by atoms with Gasteiger partial charge in [0.15, 0.2) is 5.78 Å². The highest BCUT2D eigenvalue weighted by Gasteiger charge is 2.34. The molecule has 0 spiro atoms. The number of Topliss-reactive ketones (excluding diaryl/α,β-unsaturated/α-hetero) is 1. The number of amides is 1. The van der Waals surface area contributed by atoms with Crippen LogP contribution in [0.5, 0.6) is 0 Å². The molecule has 0 bridgehead atoms. The molecule has 0 saturated heterocycles. The van der Waals surface area contributed by atoms with Crippen molar-refractivity contribution >= 4 is 45.9 Å². The van der Waals surface area contributed by atoms with Gasteiger partial charge in [-0.3, -0.25) is 14.4 Å². The third-order valence-corrected chi connectivity index (χ3v) is 3.20.